The molecule has 1 aliphatic heterocycles. The molecule has 2 aliphatic rings. The summed E-state index contributed by atoms with van der Waals surface area (Å²) >= 11 is 0.891. The zero-order valence-electron chi connectivity index (χ0n) is 24.6. The molecule has 2 fully saturated rings. The molecule has 5 N–H and O–H groups in total. The quantitative estimate of drug-likeness (QED) is 0.157. The Balaban J connectivity index is 0.00000211. The number of hydrogen-bond acceptors (Lipinski definition) is 10. The number of hydrogen-bond donors (Lipinski definition) is 4. The van der Waals surface area contributed by atoms with Crippen LogP contribution in [0.3, 0.4) is 0 Å². The minimum atomic E-state index is -2.85. The zero-order valence-corrected chi connectivity index (χ0v) is 25.4. The molecule has 2 unspecified atom stereocenters. The Labute approximate surface area is 251 Å². The lowest BCUT2D eigenvalue weighted by Gasteiger charge is -2.37. The Morgan fingerprint density at radius 1 is 1.29 bits per heavy atom. The van der Waals surface area contributed by atoms with Gasteiger partial charge >= 0.3 is 0 Å². The Kier molecular flexibility index (Phi) is 11.6. The average Bonchev–Trinajstić information content (AvgIpc) is 3.79. The second kappa shape index (κ2) is 14.7. The molecule has 2 atom stereocenters. The van der Waals surface area contributed by atoms with Crippen LogP contribution in [-0.2, 0) is 0 Å². The van der Waals surface area contributed by atoms with Gasteiger partial charge in [-0.1, -0.05) is 31.5 Å². The molecule has 0 bridgehead atoms. The van der Waals surface area contributed by atoms with Gasteiger partial charge in [0.05, 0.1) is 18.9 Å². The van der Waals surface area contributed by atoms with Crippen LogP contribution in [0, 0.1) is 23.2 Å². The van der Waals surface area contributed by atoms with Gasteiger partial charge in [-0.2, -0.15) is 0 Å². The first-order valence-electron chi connectivity index (χ1n) is 13.8. The predicted octanol–water partition coefficient (Wildman–Crippen LogP) is 4.31. The van der Waals surface area contributed by atoms with Crippen LogP contribution in [-0.4, -0.2) is 75.9 Å². The Morgan fingerprint density at radius 3 is 2.64 bits per heavy atom. The zero-order chi connectivity index (χ0) is 31.0. The number of anilines is 1. The first-order chi connectivity index (χ1) is 20.0. The fraction of sp³-hybridized carbons (Fsp3) is 0.517. The molecule has 2 aromatic heterocycles. The number of thioether (sulfide) groups is 1. The maximum absolute atomic E-state index is 13.6. The number of likely N-dealkylation sites (N-methyl/N-ethyl adjacent to an activating group) is 1. The molecule has 2 aromatic rings. The van der Waals surface area contributed by atoms with E-state index in [0.717, 1.165) is 37.6 Å². The van der Waals surface area contributed by atoms with E-state index in [1.807, 2.05) is 25.8 Å². The Hall–Kier alpha value is -3.31. The number of aliphatic hydroxyl groups is 1. The SMILES string of the molecule is CC.COc1cnc(C(F)F)cc1-c1cc(N2CCCN(C)CC2(C)O)ncc1C(=O)NC(N)SC(=N)C#CC1CC1.[HH]. The molecule has 10 nitrogen and oxygen atoms in total. The maximum atomic E-state index is 13.6. The second-order valence-electron chi connectivity index (χ2n) is 10.0. The lowest BCUT2D eigenvalue weighted by molar-refractivity contribution is 0.0340. The highest BCUT2D eigenvalue weighted by molar-refractivity contribution is 8.14. The Bertz CT molecular complexity index is 1330. The van der Waals surface area contributed by atoms with Crippen molar-refractivity contribution >= 4 is 28.5 Å². The van der Waals surface area contributed by atoms with E-state index in [9.17, 15) is 18.7 Å². The van der Waals surface area contributed by atoms with Crippen LogP contribution in [0.1, 0.15) is 63.9 Å². The monoisotopic (exact) mass is 605 g/mol. The van der Waals surface area contributed by atoms with Crippen molar-refractivity contribution in [1.82, 2.24) is 20.2 Å². The minimum absolute atomic E-state index is 0. The number of nitrogens with two attached hydrogens (primary N) is 1. The number of alkyl halides is 2. The molecule has 13 heteroatoms. The van der Waals surface area contributed by atoms with Crippen molar-refractivity contribution in [2.75, 3.05) is 38.7 Å². The molecule has 1 saturated carbocycles. The number of β-amino-alcohol motifs (C(OH)–C–C–N with tert-alkyl or cyclic N) is 1. The Morgan fingerprint density at radius 2 is 2.00 bits per heavy atom. The van der Waals surface area contributed by atoms with Crippen molar-refractivity contribution < 1.29 is 24.8 Å². The number of halogens is 2. The maximum Gasteiger partial charge on any atom is 0.280 e. The van der Waals surface area contributed by atoms with Gasteiger partial charge in [0.2, 0.25) is 0 Å². The minimum Gasteiger partial charge on any atom is -0.494 e. The average molecular weight is 606 g/mol. The third kappa shape index (κ3) is 8.61. The molecular formula is C29H41F2N7O3S. The summed E-state index contributed by atoms with van der Waals surface area (Å²) in [6.45, 7) is 7.28. The first-order valence-corrected chi connectivity index (χ1v) is 14.7. The molecule has 1 saturated heterocycles. The lowest BCUT2D eigenvalue weighted by atomic mass is 9.99. The summed E-state index contributed by atoms with van der Waals surface area (Å²) in [5.41, 5.74) is 3.82. The molecule has 1 amide bonds. The van der Waals surface area contributed by atoms with E-state index in [1.54, 1.807) is 17.9 Å². The number of amides is 1. The third-order valence-corrected chi connectivity index (χ3v) is 7.30. The lowest BCUT2D eigenvalue weighted by Crippen LogP contribution is -2.51. The number of nitrogens with one attached hydrogen (secondary N) is 2. The van der Waals surface area contributed by atoms with Gasteiger partial charge in [0.1, 0.15) is 33.5 Å². The van der Waals surface area contributed by atoms with Gasteiger partial charge < -0.3 is 30.7 Å². The van der Waals surface area contributed by atoms with E-state index in [0.29, 0.717) is 24.8 Å². The molecule has 42 heavy (non-hydrogen) atoms. The largest absolute Gasteiger partial charge is 0.494 e. The van der Waals surface area contributed by atoms with Gasteiger partial charge in [-0.15, -0.1) is 0 Å². The van der Waals surface area contributed by atoms with Crippen molar-refractivity contribution in [3.8, 4) is 28.7 Å². The fourth-order valence-electron chi connectivity index (χ4n) is 4.51. The van der Waals surface area contributed by atoms with Crippen molar-refractivity contribution in [3.63, 3.8) is 0 Å². The van der Waals surface area contributed by atoms with E-state index in [1.165, 1.54) is 25.6 Å². The van der Waals surface area contributed by atoms with Crippen molar-refractivity contribution in [3.05, 3.63) is 35.8 Å². The summed E-state index contributed by atoms with van der Waals surface area (Å²) in [5.74, 6) is 5.94. The van der Waals surface area contributed by atoms with E-state index in [2.05, 4.69) is 27.1 Å². The summed E-state index contributed by atoms with van der Waals surface area (Å²) in [5, 5.41) is 21.9. The van der Waals surface area contributed by atoms with Gasteiger partial charge in [0, 0.05) is 37.8 Å². The number of nitrogens with zero attached hydrogens (tertiary/aromatic N) is 4. The van der Waals surface area contributed by atoms with Crippen LogP contribution in [0.15, 0.2) is 24.5 Å². The second-order valence-corrected chi connectivity index (χ2v) is 11.2. The molecule has 0 radical (unpaired) electrons. The first kappa shape index (κ1) is 33.2. The number of methoxy groups -OCH3 is 1. The van der Waals surface area contributed by atoms with Crippen LogP contribution in [0.5, 0.6) is 5.75 Å². The molecule has 230 valence electrons. The smallest absolute Gasteiger partial charge is 0.280 e. The van der Waals surface area contributed by atoms with Gasteiger partial charge in [0.15, 0.2) is 0 Å². The number of ether oxygens (including phenoxy) is 1. The highest BCUT2D eigenvalue weighted by atomic mass is 32.2. The van der Waals surface area contributed by atoms with Crippen LogP contribution in [0.25, 0.3) is 11.1 Å². The van der Waals surface area contributed by atoms with E-state index in [4.69, 9.17) is 15.9 Å². The number of pyridine rings is 2. The van der Waals surface area contributed by atoms with Gasteiger partial charge in [-0.25, -0.2) is 13.8 Å². The summed E-state index contributed by atoms with van der Waals surface area (Å²) < 4.78 is 32.7. The van der Waals surface area contributed by atoms with Crippen molar-refractivity contribution in [1.29, 1.82) is 5.41 Å². The molecule has 4 rings (SSSR count). The predicted molar refractivity (Wildman–Crippen MR) is 164 cm³/mol. The van der Waals surface area contributed by atoms with Crippen LogP contribution in [0.2, 0.25) is 0 Å². The van der Waals surface area contributed by atoms with E-state index >= 15 is 0 Å². The summed E-state index contributed by atoms with van der Waals surface area (Å²) in [6.07, 6.45) is 2.45. The van der Waals surface area contributed by atoms with Crippen LogP contribution >= 0.6 is 11.8 Å². The molecule has 1 aliphatic carbocycles. The van der Waals surface area contributed by atoms with Crippen LogP contribution in [0.4, 0.5) is 14.6 Å². The van der Waals surface area contributed by atoms with Gasteiger partial charge in [-0.3, -0.25) is 15.2 Å². The molecule has 3 heterocycles. The van der Waals surface area contributed by atoms with Gasteiger partial charge in [-0.05, 0) is 57.8 Å². The fourth-order valence-corrected chi connectivity index (χ4v) is 5.05. The third-order valence-electron chi connectivity index (χ3n) is 6.59. The molecule has 0 spiro atoms. The van der Waals surface area contributed by atoms with Crippen molar-refractivity contribution in [2.24, 2.45) is 11.7 Å². The number of carbonyl (C=O) groups excluding carboxylic acids is 1. The molecule has 0 aromatic carbocycles. The number of aromatic nitrogens is 2. The summed E-state index contributed by atoms with van der Waals surface area (Å²) in [4.78, 5) is 25.4. The van der Waals surface area contributed by atoms with E-state index in [-0.39, 0.29) is 28.9 Å². The number of carbonyl (C=O) groups is 1. The highest BCUT2D eigenvalue weighted by Gasteiger charge is 2.34. The molecular weight excluding hydrogens is 564 g/mol. The topological polar surface area (TPSA) is 141 Å². The van der Waals surface area contributed by atoms with E-state index < -0.39 is 29.2 Å². The standard InChI is InChI=1S/C27H33F2N7O3S.C2H6.H2/c1-27(38)15-35(2)9-4-10-36(27)23-12-17(18-11-20(24(28)29)32-14-21(18)39-3)19(13-33-23)25(37)34-26(31)40-22(30)8-7-16-5-6-16;1-2;/h11-14,16,24,26,30,38H,4-6,9-10,15,31H2,1-3H3,(H,34,37);1-2H3;1H. The summed E-state index contributed by atoms with van der Waals surface area (Å²) in [7, 11) is 3.29. The highest BCUT2D eigenvalue weighted by Crippen LogP contribution is 2.37. The van der Waals surface area contributed by atoms with Crippen molar-refractivity contribution in [2.45, 2.75) is 57.7 Å². The number of rotatable bonds is 7. The van der Waals surface area contributed by atoms with Gasteiger partial charge in [0.25, 0.3) is 12.3 Å². The summed E-state index contributed by atoms with van der Waals surface area (Å²) in [6, 6.07) is 2.75. The normalized spacial score (nSPS) is 19.5. The van der Waals surface area contributed by atoms with Crippen LogP contribution < -0.4 is 20.7 Å².